The maximum absolute atomic E-state index is 8.14. The molecule has 1 heteroatoms. The lowest BCUT2D eigenvalue weighted by molar-refractivity contribution is 0.335. The summed E-state index contributed by atoms with van der Waals surface area (Å²) in [5, 5.41) is 8.14. The lowest BCUT2D eigenvalue weighted by Crippen LogP contribution is -1.69. The van der Waals surface area contributed by atoms with Crippen LogP contribution in [0.1, 0.15) is 6.42 Å². The normalized spacial score (nSPS) is 18.2. The van der Waals surface area contributed by atoms with E-state index in [1.54, 1.807) is 0 Å². The van der Waals surface area contributed by atoms with Crippen molar-refractivity contribution in [1.29, 1.82) is 0 Å². The molecule has 0 bridgehead atoms. The Labute approximate surface area is 30.9 Å². The number of allylic oxidation sites excluding steroid dienone is 1. The number of aliphatic hydroxyl groups is 1. The monoisotopic (exact) mass is 70.0 g/mol. The first-order chi connectivity index (χ1) is 2.43. The molecule has 0 atom stereocenters. The van der Waals surface area contributed by atoms with Crippen molar-refractivity contribution in [3.63, 3.8) is 0 Å². The van der Waals surface area contributed by atoms with Crippen molar-refractivity contribution in [3.05, 3.63) is 11.6 Å². The minimum absolute atomic E-state index is 0.278. The van der Waals surface area contributed by atoms with Gasteiger partial charge >= 0.3 is 0 Å². The van der Waals surface area contributed by atoms with Gasteiger partial charge in [0.25, 0.3) is 0 Å². The summed E-state index contributed by atoms with van der Waals surface area (Å²) < 4.78 is 0. The third-order valence-corrected chi connectivity index (χ3v) is 0.696. The molecule has 1 aliphatic carbocycles. The van der Waals surface area contributed by atoms with Gasteiger partial charge in [-0.2, -0.15) is 0 Å². The Morgan fingerprint density at radius 1 is 2.00 bits per heavy atom. The van der Waals surface area contributed by atoms with Gasteiger partial charge in [-0.1, -0.05) is 6.08 Å². The fourth-order valence-electron chi connectivity index (χ4n) is 0.201. The van der Waals surface area contributed by atoms with Crippen molar-refractivity contribution < 1.29 is 5.11 Å². The summed E-state index contributed by atoms with van der Waals surface area (Å²) in [5.74, 6) is 0. The van der Waals surface area contributed by atoms with Crippen molar-refractivity contribution in [1.82, 2.24) is 0 Å². The SMILES string of the molecule is OCC1=CC1. The average molecular weight is 70.1 g/mol. The van der Waals surface area contributed by atoms with E-state index in [-0.39, 0.29) is 6.61 Å². The molecule has 5 heavy (non-hydrogen) atoms. The molecule has 1 nitrogen and oxygen atoms in total. The van der Waals surface area contributed by atoms with E-state index >= 15 is 0 Å². The Hall–Kier alpha value is -0.300. The number of hydrogen-bond acceptors (Lipinski definition) is 1. The second-order valence-electron chi connectivity index (χ2n) is 1.22. The first kappa shape index (κ1) is 2.91. The highest BCUT2D eigenvalue weighted by atomic mass is 16.3. The van der Waals surface area contributed by atoms with Gasteiger partial charge in [-0.15, -0.1) is 0 Å². The lowest BCUT2D eigenvalue weighted by Gasteiger charge is -1.68. The summed E-state index contributed by atoms with van der Waals surface area (Å²) in [6, 6.07) is 0. The van der Waals surface area contributed by atoms with Gasteiger partial charge in [-0.3, -0.25) is 0 Å². The largest absolute Gasteiger partial charge is 0.392 e. The van der Waals surface area contributed by atoms with Gasteiger partial charge in [0.2, 0.25) is 0 Å². The van der Waals surface area contributed by atoms with Crippen LogP contribution in [-0.4, -0.2) is 11.7 Å². The molecule has 1 N–H and O–H groups in total. The molecule has 0 aromatic rings. The molecule has 1 aliphatic rings. The summed E-state index contributed by atoms with van der Waals surface area (Å²) in [5.41, 5.74) is 1.19. The first-order valence-electron chi connectivity index (χ1n) is 1.72. The summed E-state index contributed by atoms with van der Waals surface area (Å²) in [4.78, 5) is 0. The van der Waals surface area contributed by atoms with Crippen LogP contribution >= 0.6 is 0 Å². The quantitative estimate of drug-likeness (QED) is 0.440. The molecule has 0 aromatic carbocycles. The standard InChI is InChI=1S/C4H6O/c5-3-4-1-2-4/h1,5H,2-3H2. The molecule has 0 fully saturated rings. The molecule has 0 aliphatic heterocycles. The van der Waals surface area contributed by atoms with Crippen molar-refractivity contribution >= 4 is 0 Å². The van der Waals surface area contributed by atoms with Crippen molar-refractivity contribution in [2.45, 2.75) is 6.42 Å². The van der Waals surface area contributed by atoms with Crippen LogP contribution in [0.4, 0.5) is 0 Å². The van der Waals surface area contributed by atoms with Crippen LogP contribution in [0, 0.1) is 0 Å². The van der Waals surface area contributed by atoms with Crippen molar-refractivity contribution in [2.24, 2.45) is 0 Å². The summed E-state index contributed by atoms with van der Waals surface area (Å²) in [6.45, 7) is 0.278. The second kappa shape index (κ2) is 0.830. The Kier molecular flexibility index (Phi) is 0.484. The van der Waals surface area contributed by atoms with Crippen LogP contribution in [0.3, 0.4) is 0 Å². The second-order valence-corrected chi connectivity index (χ2v) is 1.22. The van der Waals surface area contributed by atoms with Crippen molar-refractivity contribution in [3.8, 4) is 0 Å². The van der Waals surface area contributed by atoms with Crippen LogP contribution in [0.5, 0.6) is 0 Å². The predicted molar refractivity (Wildman–Crippen MR) is 19.8 cm³/mol. The number of aliphatic hydroxyl groups excluding tert-OH is 1. The average Bonchev–Trinajstić information content (AvgIpc) is 2.12. The molecule has 28 valence electrons. The number of hydrogen-bond donors (Lipinski definition) is 1. The fourth-order valence-corrected chi connectivity index (χ4v) is 0.201. The molecular formula is C4H6O. The summed E-state index contributed by atoms with van der Waals surface area (Å²) >= 11 is 0. The Morgan fingerprint density at radius 3 is 2.60 bits per heavy atom. The Balaban J connectivity index is 2.22. The summed E-state index contributed by atoms with van der Waals surface area (Å²) in [6.07, 6.45) is 3.07. The molecule has 1 rings (SSSR count). The zero-order valence-corrected chi connectivity index (χ0v) is 2.94. The third kappa shape index (κ3) is 0.484. The van der Waals surface area contributed by atoms with Crippen molar-refractivity contribution in [2.75, 3.05) is 6.61 Å². The molecule has 0 radical (unpaired) electrons. The molecule has 0 saturated heterocycles. The van der Waals surface area contributed by atoms with E-state index in [0.29, 0.717) is 0 Å². The molecule has 0 saturated carbocycles. The van der Waals surface area contributed by atoms with Gasteiger partial charge in [0.05, 0.1) is 6.61 Å². The van der Waals surface area contributed by atoms with Gasteiger partial charge in [-0.05, 0) is 12.0 Å². The number of rotatable bonds is 1. The molecule has 0 aromatic heterocycles. The topological polar surface area (TPSA) is 20.2 Å². The van der Waals surface area contributed by atoms with Gasteiger partial charge < -0.3 is 5.11 Å². The maximum Gasteiger partial charge on any atom is 0.0644 e. The fraction of sp³-hybridized carbons (Fsp3) is 0.500. The van der Waals surface area contributed by atoms with E-state index in [1.807, 2.05) is 6.08 Å². The predicted octanol–water partition coefficient (Wildman–Crippen LogP) is 0.309. The van der Waals surface area contributed by atoms with Crippen LogP contribution in [0.15, 0.2) is 11.6 Å². The smallest absolute Gasteiger partial charge is 0.0644 e. The van der Waals surface area contributed by atoms with Crippen LogP contribution in [-0.2, 0) is 0 Å². The molecule has 0 unspecified atom stereocenters. The minimum Gasteiger partial charge on any atom is -0.392 e. The van der Waals surface area contributed by atoms with Crippen LogP contribution in [0.2, 0.25) is 0 Å². The highest BCUT2D eigenvalue weighted by Crippen LogP contribution is 2.15. The molecule has 0 heterocycles. The van der Waals surface area contributed by atoms with E-state index in [2.05, 4.69) is 0 Å². The Bertz CT molecular complexity index is 64.0. The summed E-state index contributed by atoms with van der Waals surface area (Å²) in [7, 11) is 0. The van der Waals surface area contributed by atoms with E-state index in [9.17, 15) is 0 Å². The first-order valence-corrected chi connectivity index (χ1v) is 1.72. The van der Waals surface area contributed by atoms with E-state index in [4.69, 9.17) is 5.11 Å². The Morgan fingerprint density at radius 2 is 2.60 bits per heavy atom. The van der Waals surface area contributed by atoms with Gasteiger partial charge in [0.1, 0.15) is 0 Å². The zero-order chi connectivity index (χ0) is 3.70. The van der Waals surface area contributed by atoms with E-state index in [0.717, 1.165) is 6.42 Å². The molecule has 0 amide bonds. The van der Waals surface area contributed by atoms with Crippen LogP contribution in [0.25, 0.3) is 0 Å². The van der Waals surface area contributed by atoms with Gasteiger partial charge in [0.15, 0.2) is 0 Å². The van der Waals surface area contributed by atoms with Gasteiger partial charge in [0, 0.05) is 0 Å². The maximum atomic E-state index is 8.14. The molecular weight excluding hydrogens is 64.0 g/mol. The zero-order valence-electron chi connectivity index (χ0n) is 2.94. The van der Waals surface area contributed by atoms with Crippen LogP contribution < -0.4 is 0 Å². The molecule has 0 spiro atoms. The van der Waals surface area contributed by atoms with E-state index in [1.165, 1.54) is 5.57 Å². The highest BCUT2D eigenvalue weighted by Gasteiger charge is 2.01. The van der Waals surface area contributed by atoms with Gasteiger partial charge in [-0.25, -0.2) is 0 Å². The highest BCUT2D eigenvalue weighted by molar-refractivity contribution is 5.21. The lowest BCUT2D eigenvalue weighted by atomic mass is 10.5. The third-order valence-electron chi connectivity index (χ3n) is 0.696. The van der Waals surface area contributed by atoms with E-state index < -0.39 is 0 Å². The minimum atomic E-state index is 0.278.